The topological polar surface area (TPSA) is 46.5 Å². The molecule has 0 bridgehead atoms. The summed E-state index contributed by atoms with van der Waals surface area (Å²) in [5.74, 6) is 1.82. The molecule has 3 aromatic rings. The molecule has 0 radical (unpaired) electrons. The van der Waals surface area contributed by atoms with E-state index in [1.54, 1.807) is 0 Å². The zero-order valence-electron chi connectivity index (χ0n) is 9.23. The highest BCUT2D eigenvalue weighted by Crippen LogP contribution is 2.26. The van der Waals surface area contributed by atoms with E-state index in [0.29, 0.717) is 0 Å². The van der Waals surface area contributed by atoms with Crippen molar-refractivity contribution >= 4 is 10.9 Å². The third-order valence-corrected chi connectivity index (χ3v) is 2.93. The molecule has 0 unspecified atom stereocenters. The first-order chi connectivity index (χ1) is 7.77. The van der Waals surface area contributed by atoms with Gasteiger partial charge in [0, 0.05) is 29.7 Å². The van der Waals surface area contributed by atoms with Crippen LogP contribution in [0.15, 0.2) is 30.5 Å². The highest BCUT2D eigenvalue weighted by atomic mass is 15.3. The van der Waals surface area contributed by atoms with Crippen LogP contribution in [0, 0.1) is 6.92 Å². The Labute approximate surface area is 92.9 Å². The molecule has 0 aliphatic carbocycles. The van der Waals surface area contributed by atoms with Crippen molar-refractivity contribution in [1.82, 2.24) is 19.7 Å². The van der Waals surface area contributed by atoms with Crippen molar-refractivity contribution in [3.8, 4) is 11.4 Å². The first-order valence-corrected chi connectivity index (χ1v) is 5.20. The van der Waals surface area contributed by atoms with E-state index in [1.807, 2.05) is 30.8 Å². The van der Waals surface area contributed by atoms with Crippen molar-refractivity contribution in [3.63, 3.8) is 0 Å². The van der Waals surface area contributed by atoms with Gasteiger partial charge in [-0.2, -0.15) is 0 Å². The number of benzene rings is 1. The Bertz CT molecular complexity index is 648. The van der Waals surface area contributed by atoms with Crippen LogP contribution in [0.5, 0.6) is 0 Å². The number of aryl methyl sites for hydroxylation is 1. The van der Waals surface area contributed by atoms with Crippen LogP contribution in [-0.4, -0.2) is 19.7 Å². The Hall–Kier alpha value is -2.10. The summed E-state index contributed by atoms with van der Waals surface area (Å²) in [7, 11) is 1.98. The quantitative estimate of drug-likeness (QED) is 0.672. The lowest BCUT2D eigenvalue weighted by atomic mass is 10.1. The van der Waals surface area contributed by atoms with Crippen LogP contribution in [0.3, 0.4) is 0 Å². The molecule has 0 aliphatic heterocycles. The average molecular weight is 212 g/mol. The summed E-state index contributed by atoms with van der Waals surface area (Å²) in [6.07, 6.45) is 1.94. The first kappa shape index (κ1) is 9.15. The number of nitrogens with one attached hydrogen (secondary N) is 1. The molecule has 16 heavy (non-hydrogen) atoms. The molecule has 1 N–H and O–H groups in total. The summed E-state index contributed by atoms with van der Waals surface area (Å²) in [4.78, 5) is 3.20. The van der Waals surface area contributed by atoms with E-state index in [9.17, 15) is 0 Å². The molecule has 0 spiro atoms. The van der Waals surface area contributed by atoms with Gasteiger partial charge in [0.2, 0.25) is 0 Å². The minimum absolute atomic E-state index is 0.905. The summed E-state index contributed by atoms with van der Waals surface area (Å²) in [6, 6.07) is 8.22. The Balaban J connectivity index is 2.33. The predicted molar refractivity (Wildman–Crippen MR) is 63.0 cm³/mol. The number of hydrogen-bond acceptors (Lipinski definition) is 2. The smallest absolute Gasteiger partial charge is 0.164 e. The van der Waals surface area contributed by atoms with Crippen LogP contribution in [0.4, 0.5) is 0 Å². The molecular weight excluding hydrogens is 200 g/mol. The van der Waals surface area contributed by atoms with Crippen LogP contribution < -0.4 is 0 Å². The molecule has 4 nitrogen and oxygen atoms in total. The standard InChI is InChI=1S/C12H12N4/c1-8-14-15-12(16(8)2)10-4-3-5-11-9(10)6-7-13-11/h3-7,13H,1-2H3. The molecule has 0 atom stereocenters. The number of H-pyrrole nitrogens is 1. The number of fused-ring (bicyclic) bond motifs is 1. The molecule has 0 aliphatic rings. The van der Waals surface area contributed by atoms with Crippen LogP contribution in [0.1, 0.15) is 5.82 Å². The van der Waals surface area contributed by atoms with E-state index in [-0.39, 0.29) is 0 Å². The maximum Gasteiger partial charge on any atom is 0.164 e. The summed E-state index contributed by atoms with van der Waals surface area (Å²) in [6.45, 7) is 1.95. The SMILES string of the molecule is Cc1nnc(-c2cccc3[nH]ccc23)n1C. The van der Waals surface area contributed by atoms with Gasteiger partial charge in [0.15, 0.2) is 5.82 Å². The summed E-state index contributed by atoms with van der Waals surface area (Å²) >= 11 is 0. The Kier molecular flexibility index (Phi) is 1.83. The monoisotopic (exact) mass is 212 g/mol. The van der Waals surface area contributed by atoms with Crippen LogP contribution >= 0.6 is 0 Å². The summed E-state index contributed by atoms with van der Waals surface area (Å²) < 4.78 is 2.00. The minimum atomic E-state index is 0.905. The van der Waals surface area contributed by atoms with Crippen LogP contribution in [-0.2, 0) is 7.05 Å². The molecule has 2 heterocycles. The number of nitrogens with zero attached hydrogens (tertiary/aromatic N) is 3. The van der Waals surface area contributed by atoms with Crippen molar-refractivity contribution in [3.05, 3.63) is 36.3 Å². The van der Waals surface area contributed by atoms with E-state index in [0.717, 1.165) is 22.7 Å². The van der Waals surface area contributed by atoms with Crippen molar-refractivity contribution in [2.45, 2.75) is 6.92 Å². The van der Waals surface area contributed by atoms with Crippen molar-refractivity contribution < 1.29 is 0 Å². The first-order valence-electron chi connectivity index (χ1n) is 5.20. The third kappa shape index (κ3) is 1.16. The second-order valence-electron chi connectivity index (χ2n) is 3.87. The van der Waals surface area contributed by atoms with Gasteiger partial charge in [-0.05, 0) is 19.1 Å². The maximum atomic E-state index is 4.21. The molecule has 3 rings (SSSR count). The lowest BCUT2D eigenvalue weighted by Crippen LogP contribution is -1.95. The van der Waals surface area contributed by atoms with E-state index >= 15 is 0 Å². The van der Waals surface area contributed by atoms with Gasteiger partial charge < -0.3 is 9.55 Å². The highest BCUT2D eigenvalue weighted by Gasteiger charge is 2.10. The van der Waals surface area contributed by atoms with Crippen LogP contribution in [0.2, 0.25) is 0 Å². The fraction of sp³-hybridized carbons (Fsp3) is 0.167. The zero-order valence-corrected chi connectivity index (χ0v) is 9.23. The van der Waals surface area contributed by atoms with Crippen molar-refractivity contribution in [1.29, 1.82) is 0 Å². The molecule has 1 aromatic carbocycles. The van der Waals surface area contributed by atoms with Gasteiger partial charge in [-0.1, -0.05) is 12.1 Å². The minimum Gasteiger partial charge on any atom is -0.361 e. The zero-order chi connectivity index (χ0) is 11.1. The van der Waals surface area contributed by atoms with Gasteiger partial charge in [-0.25, -0.2) is 0 Å². The van der Waals surface area contributed by atoms with E-state index in [2.05, 4.69) is 33.4 Å². The van der Waals surface area contributed by atoms with Crippen molar-refractivity contribution in [2.75, 3.05) is 0 Å². The van der Waals surface area contributed by atoms with Gasteiger partial charge in [0.25, 0.3) is 0 Å². The van der Waals surface area contributed by atoms with Gasteiger partial charge in [0.1, 0.15) is 5.82 Å². The van der Waals surface area contributed by atoms with Gasteiger partial charge in [0.05, 0.1) is 0 Å². The van der Waals surface area contributed by atoms with Crippen molar-refractivity contribution in [2.24, 2.45) is 7.05 Å². The van der Waals surface area contributed by atoms with E-state index in [4.69, 9.17) is 0 Å². The average Bonchev–Trinajstić information content (AvgIpc) is 2.87. The summed E-state index contributed by atoms with van der Waals surface area (Å²) in [5, 5.41) is 9.48. The largest absolute Gasteiger partial charge is 0.361 e. The van der Waals surface area contributed by atoms with Gasteiger partial charge in [-0.3, -0.25) is 0 Å². The number of aromatic nitrogens is 4. The highest BCUT2D eigenvalue weighted by molar-refractivity contribution is 5.93. The second kappa shape index (κ2) is 3.20. The summed E-state index contributed by atoms with van der Waals surface area (Å²) in [5.41, 5.74) is 2.24. The molecule has 0 amide bonds. The van der Waals surface area contributed by atoms with E-state index < -0.39 is 0 Å². The lowest BCUT2D eigenvalue weighted by Gasteiger charge is -2.03. The fourth-order valence-corrected chi connectivity index (χ4v) is 1.92. The molecule has 0 saturated carbocycles. The number of rotatable bonds is 1. The number of aromatic amines is 1. The predicted octanol–water partition coefficient (Wildman–Crippen LogP) is 2.27. The van der Waals surface area contributed by atoms with E-state index in [1.165, 1.54) is 5.39 Å². The Morgan fingerprint density at radius 1 is 1.19 bits per heavy atom. The molecule has 2 aromatic heterocycles. The molecule has 0 saturated heterocycles. The van der Waals surface area contributed by atoms with Gasteiger partial charge >= 0.3 is 0 Å². The van der Waals surface area contributed by atoms with Crippen LogP contribution in [0.25, 0.3) is 22.3 Å². The molecule has 80 valence electrons. The lowest BCUT2D eigenvalue weighted by molar-refractivity contribution is 0.865. The molecular formula is C12H12N4. The maximum absolute atomic E-state index is 4.21. The second-order valence-corrected chi connectivity index (χ2v) is 3.87. The van der Waals surface area contributed by atoms with Gasteiger partial charge in [-0.15, -0.1) is 10.2 Å². The molecule has 4 heteroatoms. The Morgan fingerprint density at radius 2 is 2.06 bits per heavy atom. The Morgan fingerprint density at radius 3 is 2.81 bits per heavy atom. The normalized spacial score (nSPS) is 11.1. The fourth-order valence-electron chi connectivity index (χ4n) is 1.92. The molecule has 0 fully saturated rings. The third-order valence-electron chi connectivity index (χ3n) is 2.93. The number of hydrogen-bond donors (Lipinski definition) is 1.